The van der Waals surface area contributed by atoms with E-state index < -0.39 is 11.7 Å². The lowest BCUT2D eigenvalue weighted by Crippen LogP contribution is -2.28. The molecule has 2 heterocycles. The van der Waals surface area contributed by atoms with Crippen molar-refractivity contribution >= 4 is 5.91 Å². The summed E-state index contributed by atoms with van der Waals surface area (Å²) in [5.74, 6) is -0.957. The molecule has 0 aliphatic carbocycles. The van der Waals surface area contributed by atoms with Crippen LogP contribution in [0.3, 0.4) is 0 Å². The van der Waals surface area contributed by atoms with Gasteiger partial charge in [-0.2, -0.15) is 5.10 Å². The molecule has 0 saturated heterocycles. The van der Waals surface area contributed by atoms with Crippen molar-refractivity contribution in [3.8, 4) is 11.4 Å². The van der Waals surface area contributed by atoms with E-state index in [-0.39, 0.29) is 5.56 Å². The Balaban J connectivity index is 1.56. The first-order valence-electron chi connectivity index (χ1n) is 7.21. The van der Waals surface area contributed by atoms with Crippen LogP contribution in [-0.4, -0.2) is 27.2 Å². The fraction of sp³-hybridized carbons (Fsp3) is 0.118. The third-order valence-electron chi connectivity index (χ3n) is 3.31. The largest absolute Gasteiger partial charge is 0.350 e. The summed E-state index contributed by atoms with van der Waals surface area (Å²) in [7, 11) is 0. The molecule has 3 rings (SSSR count). The van der Waals surface area contributed by atoms with Gasteiger partial charge in [0.25, 0.3) is 5.91 Å². The lowest BCUT2D eigenvalue weighted by Gasteiger charge is -2.06. The minimum Gasteiger partial charge on any atom is -0.350 e. The number of hydrogen-bond acceptors (Lipinski definition) is 3. The van der Waals surface area contributed by atoms with Crippen molar-refractivity contribution in [1.82, 2.24) is 20.1 Å². The molecule has 1 aromatic carbocycles. The molecule has 0 radical (unpaired) electrons. The molecule has 0 saturated carbocycles. The van der Waals surface area contributed by atoms with E-state index in [9.17, 15) is 9.18 Å². The van der Waals surface area contributed by atoms with E-state index in [1.165, 1.54) is 12.1 Å². The molecule has 0 atom stereocenters. The lowest BCUT2D eigenvalue weighted by molar-refractivity contribution is 0.0948. The molecule has 1 N–H and O–H groups in total. The van der Waals surface area contributed by atoms with Gasteiger partial charge in [0.1, 0.15) is 11.5 Å². The average Bonchev–Trinajstić information content (AvgIpc) is 3.05. The summed E-state index contributed by atoms with van der Waals surface area (Å²) in [6.45, 7) is 0.851. The zero-order chi connectivity index (χ0) is 16.1. The second-order valence-corrected chi connectivity index (χ2v) is 4.91. The zero-order valence-electron chi connectivity index (χ0n) is 12.3. The first kappa shape index (κ1) is 14.9. The van der Waals surface area contributed by atoms with Gasteiger partial charge in [0, 0.05) is 18.9 Å². The van der Waals surface area contributed by atoms with E-state index >= 15 is 0 Å². The van der Waals surface area contributed by atoms with Crippen molar-refractivity contribution < 1.29 is 9.18 Å². The maximum atomic E-state index is 13.5. The number of carbonyl (C=O) groups excluding carboxylic acids is 1. The van der Waals surface area contributed by atoms with Crippen LogP contribution in [0, 0.1) is 5.82 Å². The summed E-state index contributed by atoms with van der Waals surface area (Å²) < 4.78 is 15.2. The van der Waals surface area contributed by atoms with E-state index in [1.807, 2.05) is 30.5 Å². The fourth-order valence-corrected chi connectivity index (χ4v) is 2.16. The van der Waals surface area contributed by atoms with Gasteiger partial charge in [-0.25, -0.2) is 4.39 Å². The van der Waals surface area contributed by atoms with Crippen LogP contribution in [0.5, 0.6) is 0 Å². The van der Waals surface area contributed by atoms with E-state index in [0.717, 1.165) is 11.4 Å². The molecule has 0 spiro atoms. The van der Waals surface area contributed by atoms with Gasteiger partial charge in [0.05, 0.1) is 17.8 Å². The first-order valence-corrected chi connectivity index (χ1v) is 7.21. The molecule has 1 amide bonds. The van der Waals surface area contributed by atoms with Crippen molar-refractivity contribution in [3.63, 3.8) is 0 Å². The standard InChI is InChI=1S/C17H15FN4O/c18-14-6-2-1-5-13(14)17(23)20-10-12-22-11-8-16(21-22)15-7-3-4-9-19-15/h1-9,11H,10,12H2,(H,20,23). The van der Waals surface area contributed by atoms with Crippen LogP contribution in [0.15, 0.2) is 60.9 Å². The van der Waals surface area contributed by atoms with E-state index in [2.05, 4.69) is 15.4 Å². The second-order valence-electron chi connectivity index (χ2n) is 4.91. The first-order chi connectivity index (χ1) is 11.2. The Morgan fingerprint density at radius 1 is 1.09 bits per heavy atom. The SMILES string of the molecule is O=C(NCCn1ccc(-c2ccccn2)n1)c1ccccc1F. The van der Waals surface area contributed by atoms with Gasteiger partial charge in [0.2, 0.25) is 0 Å². The Bertz CT molecular complexity index is 801. The van der Waals surface area contributed by atoms with Gasteiger partial charge < -0.3 is 5.32 Å². The lowest BCUT2D eigenvalue weighted by atomic mass is 10.2. The summed E-state index contributed by atoms with van der Waals surface area (Å²) in [5.41, 5.74) is 1.61. The average molecular weight is 310 g/mol. The highest BCUT2D eigenvalue weighted by Gasteiger charge is 2.10. The Kier molecular flexibility index (Phi) is 4.42. The number of carbonyl (C=O) groups is 1. The van der Waals surface area contributed by atoms with Crippen LogP contribution in [-0.2, 0) is 6.54 Å². The van der Waals surface area contributed by atoms with Crippen molar-refractivity contribution in [1.29, 1.82) is 0 Å². The molecular formula is C17H15FN4O. The van der Waals surface area contributed by atoms with Crippen molar-refractivity contribution in [2.45, 2.75) is 6.54 Å². The van der Waals surface area contributed by atoms with Crippen LogP contribution in [0.25, 0.3) is 11.4 Å². The van der Waals surface area contributed by atoms with Gasteiger partial charge in [-0.05, 0) is 30.3 Å². The monoisotopic (exact) mass is 310 g/mol. The summed E-state index contributed by atoms with van der Waals surface area (Å²) in [6, 6.07) is 13.4. The topological polar surface area (TPSA) is 59.8 Å². The van der Waals surface area contributed by atoms with E-state index in [4.69, 9.17) is 0 Å². The summed E-state index contributed by atoms with van der Waals surface area (Å²) in [6.07, 6.45) is 3.53. The number of nitrogens with zero attached hydrogens (tertiary/aromatic N) is 3. The molecule has 23 heavy (non-hydrogen) atoms. The minimum atomic E-state index is -0.526. The fourth-order valence-electron chi connectivity index (χ4n) is 2.16. The summed E-state index contributed by atoms with van der Waals surface area (Å²) in [4.78, 5) is 16.1. The highest BCUT2D eigenvalue weighted by atomic mass is 19.1. The predicted molar refractivity (Wildman–Crippen MR) is 84.2 cm³/mol. The van der Waals surface area contributed by atoms with Crippen LogP contribution in [0.4, 0.5) is 4.39 Å². The molecular weight excluding hydrogens is 295 g/mol. The Labute approximate surface area is 132 Å². The van der Waals surface area contributed by atoms with Crippen molar-refractivity contribution in [2.75, 3.05) is 6.54 Å². The zero-order valence-corrected chi connectivity index (χ0v) is 12.3. The number of pyridine rings is 1. The summed E-state index contributed by atoms with van der Waals surface area (Å²) in [5, 5.41) is 7.08. The Morgan fingerprint density at radius 3 is 2.70 bits per heavy atom. The smallest absolute Gasteiger partial charge is 0.254 e. The maximum Gasteiger partial charge on any atom is 0.254 e. The molecule has 0 unspecified atom stereocenters. The van der Waals surface area contributed by atoms with E-state index in [1.54, 1.807) is 23.0 Å². The molecule has 0 fully saturated rings. The number of amides is 1. The van der Waals surface area contributed by atoms with Crippen molar-refractivity contribution in [3.05, 3.63) is 72.3 Å². The number of hydrogen-bond donors (Lipinski definition) is 1. The number of rotatable bonds is 5. The van der Waals surface area contributed by atoms with Crippen LogP contribution in [0.2, 0.25) is 0 Å². The predicted octanol–water partition coefficient (Wildman–Crippen LogP) is 2.51. The number of aromatic nitrogens is 3. The highest BCUT2D eigenvalue weighted by molar-refractivity contribution is 5.94. The maximum absolute atomic E-state index is 13.5. The quantitative estimate of drug-likeness (QED) is 0.788. The van der Waals surface area contributed by atoms with Crippen LogP contribution in [0.1, 0.15) is 10.4 Å². The molecule has 2 aromatic heterocycles. The number of nitrogens with one attached hydrogen (secondary N) is 1. The highest BCUT2D eigenvalue weighted by Crippen LogP contribution is 2.12. The van der Waals surface area contributed by atoms with E-state index in [0.29, 0.717) is 13.1 Å². The molecule has 0 bridgehead atoms. The molecule has 0 aliphatic heterocycles. The Hall–Kier alpha value is -3.02. The summed E-state index contributed by atoms with van der Waals surface area (Å²) >= 11 is 0. The molecule has 116 valence electrons. The van der Waals surface area contributed by atoms with Gasteiger partial charge >= 0.3 is 0 Å². The Morgan fingerprint density at radius 2 is 1.91 bits per heavy atom. The second kappa shape index (κ2) is 6.83. The van der Waals surface area contributed by atoms with Crippen LogP contribution >= 0.6 is 0 Å². The van der Waals surface area contributed by atoms with Crippen LogP contribution < -0.4 is 5.32 Å². The molecule has 0 aliphatic rings. The minimum absolute atomic E-state index is 0.0436. The molecule has 6 heteroatoms. The van der Waals surface area contributed by atoms with Gasteiger partial charge in [0.15, 0.2) is 0 Å². The molecule has 5 nitrogen and oxygen atoms in total. The number of benzene rings is 1. The third kappa shape index (κ3) is 3.60. The van der Waals surface area contributed by atoms with Gasteiger partial charge in [-0.1, -0.05) is 18.2 Å². The van der Waals surface area contributed by atoms with Gasteiger partial charge in [-0.3, -0.25) is 14.5 Å². The normalized spacial score (nSPS) is 10.5. The molecule has 3 aromatic rings. The third-order valence-corrected chi connectivity index (χ3v) is 3.31. The van der Waals surface area contributed by atoms with Gasteiger partial charge in [-0.15, -0.1) is 0 Å². The van der Waals surface area contributed by atoms with Crippen molar-refractivity contribution in [2.24, 2.45) is 0 Å². The number of halogens is 1.